The van der Waals surface area contributed by atoms with Gasteiger partial charge in [-0.15, -0.1) is 11.3 Å². The van der Waals surface area contributed by atoms with Crippen molar-refractivity contribution in [1.29, 1.82) is 0 Å². The molecule has 1 aliphatic rings. The van der Waals surface area contributed by atoms with Gasteiger partial charge >= 0.3 is 0 Å². The summed E-state index contributed by atoms with van der Waals surface area (Å²) in [6, 6.07) is 10.5. The summed E-state index contributed by atoms with van der Waals surface area (Å²) in [6.07, 6.45) is 9.28. The molecular formula is C28H40N2O2S. The van der Waals surface area contributed by atoms with Gasteiger partial charge in [0.15, 0.2) is 0 Å². The summed E-state index contributed by atoms with van der Waals surface area (Å²) in [4.78, 5) is 31.7. The predicted octanol–water partition coefficient (Wildman–Crippen LogP) is 6.52. The normalized spacial score (nSPS) is 15.4. The van der Waals surface area contributed by atoms with Gasteiger partial charge in [0.2, 0.25) is 11.8 Å². The van der Waals surface area contributed by atoms with Gasteiger partial charge in [-0.3, -0.25) is 9.59 Å². The number of hydrogen-bond acceptors (Lipinski definition) is 3. The highest BCUT2D eigenvalue weighted by Gasteiger charge is 2.34. The minimum Gasteiger partial charge on any atom is -0.333 e. The van der Waals surface area contributed by atoms with Crippen molar-refractivity contribution in [2.45, 2.75) is 84.6 Å². The molecule has 2 amide bonds. The third-order valence-corrected chi connectivity index (χ3v) is 7.68. The lowest BCUT2D eigenvalue weighted by Gasteiger charge is -2.38. The fourth-order valence-electron chi connectivity index (χ4n) is 4.84. The van der Waals surface area contributed by atoms with Crippen molar-refractivity contribution in [3.63, 3.8) is 0 Å². The van der Waals surface area contributed by atoms with Crippen LogP contribution < -0.4 is 0 Å². The van der Waals surface area contributed by atoms with Gasteiger partial charge in [-0.2, -0.15) is 0 Å². The molecule has 1 aromatic heterocycles. The molecular weight excluding hydrogens is 428 g/mol. The molecule has 0 aliphatic carbocycles. The molecule has 33 heavy (non-hydrogen) atoms. The van der Waals surface area contributed by atoms with Crippen LogP contribution in [0.4, 0.5) is 0 Å². The van der Waals surface area contributed by atoms with Crippen LogP contribution in [-0.2, 0) is 16.0 Å². The van der Waals surface area contributed by atoms with Crippen molar-refractivity contribution < 1.29 is 9.59 Å². The molecule has 2 aromatic rings. The summed E-state index contributed by atoms with van der Waals surface area (Å²) in [5.74, 6) is 0.186. The summed E-state index contributed by atoms with van der Waals surface area (Å²) >= 11 is 1.78. The van der Waals surface area contributed by atoms with Crippen LogP contribution in [0.25, 0.3) is 0 Å². The van der Waals surface area contributed by atoms with Gasteiger partial charge in [-0.1, -0.05) is 70.2 Å². The first-order chi connectivity index (χ1) is 16.1. The zero-order valence-corrected chi connectivity index (χ0v) is 21.5. The van der Waals surface area contributed by atoms with E-state index >= 15 is 0 Å². The summed E-state index contributed by atoms with van der Waals surface area (Å²) in [5, 5.41) is 2.14. The molecule has 180 valence electrons. The van der Waals surface area contributed by atoms with E-state index in [1.807, 2.05) is 11.0 Å². The minimum absolute atomic E-state index is 0.0600. The van der Waals surface area contributed by atoms with E-state index < -0.39 is 0 Å². The van der Waals surface area contributed by atoms with E-state index in [1.54, 1.807) is 16.2 Å². The molecule has 2 heterocycles. The highest BCUT2D eigenvalue weighted by molar-refractivity contribution is 7.10. The Balaban J connectivity index is 1.69. The first-order valence-electron chi connectivity index (χ1n) is 12.8. The maximum absolute atomic E-state index is 13.6. The van der Waals surface area contributed by atoms with Crippen LogP contribution in [-0.4, -0.2) is 41.2 Å². The topological polar surface area (TPSA) is 40.6 Å². The van der Waals surface area contributed by atoms with Gasteiger partial charge in [-0.05, 0) is 54.3 Å². The number of amides is 2. The number of thiophene rings is 1. The van der Waals surface area contributed by atoms with Crippen molar-refractivity contribution in [1.82, 2.24) is 9.80 Å². The lowest BCUT2D eigenvalue weighted by molar-refractivity contribution is -0.141. The summed E-state index contributed by atoms with van der Waals surface area (Å²) in [7, 11) is 0. The molecule has 1 aromatic carbocycles. The smallest absolute Gasteiger partial charge is 0.242 e. The molecule has 0 saturated carbocycles. The number of unbranched alkanes of at least 4 members (excludes halogenated alkanes) is 5. The van der Waals surface area contributed by atoms with E-state index in [9.17, 15) is 9.59 Å². The number of carbonyl (C=O) groups excluding carboxylic acids is 2. The van der Waals surface area contributed by atoms with Crippen molar-refractivity contribution in [2.24, 2.45) is 0 Å². The molecule has 0 N–H and O–H groups in total. The van der Waals surface area contributed by atoms with E-state index in [0.717, 1.165) is 25.7 Å². The second kappa shape index (κ2) is 12.9. The zero-order valence-electron chi connectivity index (χ0n) is 20.6. The lowest BCUT2D eigenvalue weighted by atomic mass is 9.90. The van der Waals surface area contributed by atoms with Gasteiger partial charge in [0.25, 0.3) is 0 Å². The molecule has 0 bridgehead atoms. The Hall–Kier alpha value is -2.14. The number of fused-ring (bicyclic) bond motifs is 1. The molecule has 0 saturated heterocycles. The summed E-state index contributed by atoms with van der Waals surface area (Å²) < 4.78 is 0. The van der Waals surface area contributed by atoms with Gasteiger partial charge in [0.1, 0.15) is 0 Å². The molecule has 1 atom stereocenters. The van der Waals surface area contributed by atoms with Gasteiger partial charge in [0, 0.05) is 24.4 Å². The van der Waals surface area contributed by atoms with Gasteiger partial charge in [0.05, 0.1) is 12.6 Å². The minimum atomic E-state index is -0.0640. The molecule has 3 rings (SSSR count). The van der Waals surface area contributed by atoms with Crippen molar-refractivity contribution in [3.05, 3.63) is 57.3 Å². The van der Waals surface area contributed by atoms with Crippen LogP contribution in [0.3, 0.4) is 0 Å². The van der Waals surface area contributed by atoms with E-state index in [4.69, 9.17) is 0 Å². The van der Waals surface area contributed by atoms with Crippen LogP contribution in [0.1, 0.15) is 92.8 Å². The van der Waals surface area contributed by atoms with Crippen molar-refractivity contribution in [2.75, 3.05) is 19.6 Å². The highest BCUT2D eigenvalue weighted by Crippen LogP contribution is 2.39. The quantitative estimate of drug-likeness (QED) is 0.333. The number of nitrogens with zero attached hydrogens (tertiary/aromatic N) is 2. The van der Waals surface area contributed by atoms with E-state index in [1.165, 1.54) is 47.3 Å². The lowest BCUT2D eigenvalue weighted by Crippen LogP contribution is -2.47. The van der Waals surface area contributed by atoms with Crippen LogP contribution in [0.5, 0.6) is 0 Å². The molecule has 1 aliphatic heterocycles. The highest BCUT2D eigenvalue weighted by atomic mass is 32.1. The largest absolute Gasteiger partial charge is 0.333 e. The first kappa shape index (κ1) is 25.5. The molecule has 5 heteroatoms. The maximum Gasteiger partial charge on any atom is 0.242 e. The zero-order chi connectivity index (χ0) is 23.6. The molecule has 0 radical (unpaired) electrons. The fourth-order valence-corrected chi connectivity index (χ4v) is 5.75. The Morgan fingerprint density at radius 2 is 1.76 bits per heavy atom. The Labute approximate surface area is 204 Å². The number of aryl methyl sites for hydroxylation is 1. The Kier molecular flexibility index (Phi) is 9.98. The monoisotopic (exact) mass is 468 g/mol. The Bertz CT molecular complexity index is 907. The second-order valence-electron chi connectivity index (χ2n) is 9.23. The van der Waals surface area contributed by atoms with Crippen LogP contribution >= 0.6 is 11.3 Å². The third-order valence-electron chi connectivity index (χ3n) is 6.69. The number of carbonyl (C=O) groups is 2. The predicted molar refractivity (Wildman–Crippen MR) is 138 cm³/mol. The average Bonchev–Trinajstić information content (AvgIpc) is 3.29. The van der Waals surface area contributed by atoms with Gasteiger partial charge in [-0.25, -0.2) is 0 Å². The second-order valence-corrected chi connectivity index (χ2v) is 10.2. The molecule has 0 fully saturated rings. The SMILES string of the molecule is CCCCCCCCC(=O)N(CCC)CC(=O)N1CCc2sccc2C1c1ccccc1C. The summed E-state index contributed by atoms with van der Waals surface area (Å²) in [6.45, 7) is 7.94. The average molecular weight is 469 g/mol. The van der Waals surface area contributed by atoms with Crippen LogP contribution in [0, 0.1) is 6.92 Å². The molecule has 0 spiro atoms. The molecule has 1 unspecified atom stereocenters. The summed E-state index contributed by atoms with van der Waals surface area (Å²) in [5.41, 5.74) is 3.63. The van der Waals surface area contributed by atoms with Crippen molar-refractivity contribution >= 4 is 23.2 Å². The van der Waals surface area contributed by atoms with Crippen molar-refractivity contribution in [3.8, 4) is 0 Å². The van der Waals surface area contributed by atoms with Crippen LogP contribution in [0.2, 0.25) is 0 Å². The number of hydrogen-bond donors (Lipinski definition) is 0. The third kappa shape index (κ3) is 6.69. The number of benzene rings is 1. The first-order valence-corrected chi connectivity index (χ1v) is 13.6. The standard InChI is InChI=1S/C28H40N2O2S/c1-4-6-7-8-9-10-15-26(31)29(18-5-2)21-27(32)30-19-16-25-24(17-20-33-25)28(30)23-14-12-11-13-22(23)3/h11-14,17,20,28H,4-10,15-16,18-19,21H2,1-3H3. The van der Waals surface area contributed by atoms with Gasteiger partial charge < -0.3 is 9.80 Å². The molecule has 4 nitrogen and oxygen atoms in total. The fraction of sp³-hybridized carbons (Fsp3) is 0.571. The van der Waals surface area contributed by atoms with E-state index in [0.29, 0.717) is 19.5 Å². The number of rotatable bonds is 12. The van der Waals surface area contributed by atoms with E-state index in [-0.39, 0.29) is 24.4 Å². The maximum atomic E-state index is 13.6. The Morgan fingerprint density at radius 1 is 1.00 bits per heavy atom. The van der Waals surface area contributed by atoms with Crippen LogP contribution in [0.15, 0.2) is 35.7 Å². The van der Waals surface area contributed by atoms with E-state index in [2.05, 4.69) is 50.4 Å². The Morgan fingerprint density at radius 3 is 2.52 bits per heavy atom.